The van der Waals surface area contributed by atoms with E-state index < -0.39 is 29.7 Å². The average Bonchev–Trinajstić information content (AvgIpc) is 3.14. The Kier molecular flexibility index (Phi) is 7.01. The molecule has 3 fully saturated rings. The zero-order valence-corrected chi connectivity index (χ0v) is 20.3. The summed E-state index contributed by atoms with van der Waals surface area (Å²) in [4.78, 5) is 67.8. The maximum Gasteiger partial charge on any atom is 0.262 e. The van der Waals surface area contributed by atoms with E-state index in [1.54, 1.807) is 12.1 Å². The Hall–Kier alpha value is -3.31. The predicted molar refractivity (Wildman–Crippen MR) is 130 cm³/mol. The Morgan fingerprint density at radius 2 is 1.67 bits per heavy atom. The fourth-order valence-electron chi connectivity index (χ4n) is 5.47. The highest BCUT2D eigenvalue weighted by Gasteiger charge is 2.44. The van der Waals surface area contributed by atoms with Crippen molar-refractivity contribution in [2.75, 3.05) is 57.3 Å². The number of carbonyl (C=O) groups excluding carboxylic acids is 5. The largest absolute Gasteiger partial charge is 0.371 e. The maximum absolute atomic E-state index is 13.1. The predicted octanol–water partition coefficient (Wildman–Crippen LogP) is -0.674. The lowest BCUT2D eigenvalue weighted by Crippen LogP contribution is -2.54. The van der Waals surface area contributed by atoms with E-state index in [-0.39, 0.29) is 35.8 Å². The molecule has 0 bridgehead atoms. The van der Waals surface area contributed by atoms with Gasteiger partial charge in [-0.2, -0.15) is 0 Å². The summed E-state index contributed by atoms with van der Waals surface area (Å²) in [6.45, 7) is 6.87. The van der Waals surface area contributed by atoms with Gasteiger partial charge in [0, 0.05) is 70.4 Å². The number of carbonyl (C=O) groups is 5. The van der Waals surface area contributed by atoms with Gasteiger partial charge in [0.15, 0.2) is 0 Å². The van der Waals surface area contributed by atoms with E-state index >= 15 is 0 Å². The van der Waals surface area contributed by atoms with Gasteiger partial charge in [0.2, 0.25) is 17.7 Å². The van der Waals surface area contributed by atoms with E-state index in [1.807, 2.05) is 6.07 Å². The lowest BCUT2D eigenvalue weighted by molar-refractivity contribution is -0.136. The first-order chi connectivity index (χ1) is 17.4. The van der Waals surface area contributed by atoms with E-state index in [9.17, 15) is 24.0 Å². The minimum Gasteiger partial charge on any atom is -0.371 e. The minimum atomic E-state index is -0.973. The van der Waals surface area contributed by atoms with Gasteiger partial charge in [-0.3, -0.25) is 39.1 Å². The fourth-order valence-corrected chi connectivity index (χ4v) is 5.47. The Balaban J connectivity index is 1.16. The number of hydrogen-bond donors (Lipinski definition) is 3. The van der Waals surface area contributed by atoms with Gasteiger partial charge in [-0.25, -0.2) is 0 Å². The molecule has 3 saturated heterocycles. The van der Waals surface area contributed by atoms with E-state index in [0.29, 0.717) is 32.5 Å². The molecule has 1 aromatic carbocycles. The summed E-state index contributed by atoms with van der Waals surface area (Å²) in [7, 11) is 0. The molecule has 0 spiro atoms. The first-order valence-electron chi connectivity index (χ1n) is 12.7. The molecule has 0 radical (unpaired) electrons. The molecule has 0 saturated carbocycles. The average molecular weight is 497 g/mol. The number of rotatable bonds is 6. The molecule has 4 heterocycles. The van der Waals surface area contributed by atoms with Gasteiger partial charge >= 0.3 is 0 Å². The number of nitrogens with one attached hydrogen (secondary N) is 3. The summed E-state index contributed by atoms with van der Waals surface area (Å²) in [5.74, 6) is -1.97. The van der Waals surface area contributed by atoms with Gasteiger partial charge in [-0.1, -0.05) is 0 Å². The number of anilines is 1. The van der Waals surface area contributed by atoms with Crippen LogP contribution in [0, 0.1) is 5.92 Å². The molecular formula is C25H32N6O5. The van der Waals surface area contributed by atoms with Gasteiger partial charge < -0.3 is 15.5 Å². The van der Waals surface area contributed by atoms with Crippen molar-refractivity contribution >= 4 is 35.2 Å². The van der Waals surface area contributed by atoms with Crippen LogP contribution in [-0.2, 0) is 14.4 Å². The third kappa shape index (κ3) is 4.85. The zero-order valence-electron chi connectivity index (χ0n) is 20.3. The number of amides is 5. The van der Waals surface area contributed by atoms with Crippen LogP contribution in [0.25, 0.3) is 0 Å². The summed E-state index contributed by atoms with van der Waals surface area (Å²) >= 11 is 0. The molecule has 11 heteroatoms. The summed E-state index contributed by atoms with van der Waals surface area (Å²) < 4.78 is 0. The van der Waals surface area contributed by atoms with Crippen molar-refractivity contribution in [3.05, 3.63) is 29.3 Å². The molecule has 0 aliphatic carbocycles. The molecule has 1 atom stereocenters. The second-order valence-corrected chi connectivity index (χ2v) is 9.82. The van der Waals surface area contributed by atoms with Crippen LogP contribution in [0.4, 0.5) is 5.69 Å². The Morgan fingerprint density at radius 3 is 2.39 bits per heavy atom. The van der Waals surface area contributed by atoms with Crippen LogP contribution in [0.3, 0.4) is 0 Å². The highest BCUT2D eigenvalue weighted by molar-refractivity contribution is 6.23. The molecule has 3 N–H and O–H groups in total. The van der Waals surface area contributed by atoms with Crippen LogP contribution in [0.1, 0.15) is 46.4 Å². The molecular weight excluding hydrogens is 464 g/mol. The molecule has 4 aliphatic heterocycles. The summed E-state index contributed by atoms with van der Waals surface area (Å²) in [6, 6.07) is 4.17. The van der Waals surface area contributed by atoms with Gasteiger partial charge in [0.25, 0.3) is 11.8 Å². The van der Waals surface area contributed by atoms with Crippen LogP contribution in [0.5, 0.6) is 0 Å². The first-order valence-corrected chi connectivity index (χ1v) is 12.7. The molecule has 1 unspecified atom stereocenters. The first kappa shape index (κ1) is 24.4. The van der Waals surface area contributed by atoms with Crippen LogP contribution >= 0.6 is 0 Å². The van der Waals surface area contributed by atoms with Crippen molar-refractivity contribution in [1.29, 1.82) is 0 Å². The normalized spacial score (nSPS) is 23.6. The standard InChI is InChI=1S/C25H32N6O5/c32-21-4-3-20(23(34)28-21)31-24(35)18-2-1-17(15-19(18)25(31)36)30-10-5-16(6-11-30)22(33)27-9-14-29-12-7-26-8-13-29/h1-2,15-16,20,26H,3-14H2,(H,27,33)(H,28,32,34). The van der Waals surface area contributed by atoms with Crippen molar-refractivity contribution in [2.24, 2.45) is 5.92 Å². The molecule has 11 nitrogen and oxygen atoms in total. The second kappa shape index (κ2) is 10.4. The summed E-state index contributed by atoms with van der Waals surface area (Å²) in [6.07, 6.45) is 1.65. The third-order valence-electron chi connectivity index (χ3n) is 7.59. The highest BCUT2D eigenvalue weighted by atomic mass is 16.2. The number of fused-ring (bicyclic) bond motifs is 1. The summed E-state index contributed by atoms with van der Waals surface area (Å²) in [5.41, 5.74) is 1.36. The van der Waals surface area contributed by atoms with Gasteiger partial charge in [0.05, 0.1) is 11.1 Å². The molecule has 5 amide bonds. The monoisotopic (exact) mass is 496 g/mol. The van der Waals surface area contributed by atoms with Crippen LogP contribution < -0.4 is 20.9 Å². The van der Waals surface area contributed by atoms with Gasteiger partial charge in [0.1, 0.15) is 6.04 Å². The van der Waals surface area contributed by atoms with Crippen LogP contribution in [0.2, 0.25) is 0 Å². The second-order valence-electron chi connectivity index (χ2n) is 9.82. The Labute approximate surface area is 209 Å². The molecule has 192 valence electrons. The van der Waals surface area contributed by atoms with E-state index in [4.69, 9.17) is 0 Å². The quantitative estimate of drug-likeness (QED) is 0.442. The molecule has 36 heavy (non-hydrogen) atoms. The van der Waals surface area contributed by atoms with Crippen molar-refractivity contribution < 1.29 is 24.0 Å². The van der Waals surface area contributed by atoms with E-state index in [1.165, 1.54) is 0 Å². The topological polar surface area (TPSA) is 131 Å². The van der Waals surface area contributed by atoms with E-state index in [0.717, 1.165) is 43.3 Å². The van der Waals surface area contributed by atoms with Gasteiger partial charge in [-0.15, -0.1) is 0 Å². The van der Waals surface area contributed by atoms with Crippen molar-refractivity contribution in [1.82, 2.24) is 25.8 Å². The van der Waals surface area contributed by atoms with E-state index in [2.05, 4.69) is 25.8 Å². The number of nitrogens with zero attached hydrogens (tertiary/aromatic N) is 3. The Bertz CT molecular complexity index is 1080. The number of piperidine rings is 2. The zero-order chi connectivity index (χ0) is 25.2. The molecule has 4 aliphatic rings. The highest BCUT2D eigenvalue weighted by Crippen LogP contribution is 2.32. The van der Waals surface area contributed by atoms with Crippen molar-refractivity contribution in [3.8, 4) is 0 Å². The van der Waals surface area contributed by atoms with Crippen molar-refractivity contribution in [3.63, 3.8) is 0 Å². The SMILES string of the molecule is O=C1CCC(N2C(=O)c3ccc(N4CCC(C(=O)NCCN5CCNCC5)CC4)cc3C2=O)C(=O)N1. The summed E-state index contributed by atoms with van der Waals surface area (Å²) in [5, 5.41) is 8.61. The maximum atomic E-state index is 13.1. The molecule has 0 aromatic heterocycles. The number of hydrogen-bond acceptors (Lipinski definition) is 8. The Morgan fingerprint density at radius 1 is 0.944 bits per heavy atom. The lowest BCUT2D eigenvalue weighted by Gasteiger charge is -2.33. The third-order valence-corrected chi connectivity index (χ3v) is 7.59. The van der Waals surface area contributed by atoms with Crippen molar-refractivity contribution in [2.45, 2.75) is 31.7 Å². The van der Waals surface area contributed by atoms with Gasteiger partial charge in [-0.05, 0) is 37.5 Å². The number of piperazine rings is 1. The smallest absolute Gasteiger partial charge is 0.262 e. The molecule has 5 rings (SSSR count). The fraction of sp³-hybridized carbons (Fsp3) is 0.560. The van der Waals surface area contributed by atoms with Crippen LogP contribution in [-0.4, -0.2) is 97.7 Å². The van der Waals surface area contributed by atoms with Crippen LogP contribution in [0.15, 0.2) is 18.2 Å². The lowest BCUT2D eigenvalue weighted by atomic mass is 9.95. The minimum absolute atomic E-state index is 0.0371. The number of benzene rings is 1. The molecule has 1 aromatic rings. The number of imide groups is 2.